The van der Waals surface area contributed by atoms with Crippen LogP contribution in [0.15, 0.2) is 37.2 Å². The molecule has 0 aliphatic carbocycles. The number of ether oxygens (including phenoxy) is 1. The van der Waals surface area contributed by atoms with Crippen molar-refractivity contribution >= 4 is 46.5 Å². The van der Waals surface area contributed by atoms with Gasteiger partial charge in [-0.25, -0.2) is 15.0 Å². The fraction of sp³-hybridized carbons (Fsp3) is 0.467. The number of halogens is 3. The molecule has 0 radical (unpaired) electrons. The number of hydrogen-bond acceptors (Lipinski definition) is 12. The predicted octanol–water partition coefficient (Wildman–Crippen LogP) is 4.11. The first kappa shape index (κ1) is 32.7. The summed E-state index contributed by atoms with van der Waals surface area (Å²) in [6, 6.07) is 5.42. The molecule has 3 aromatic heterocycles. The number of carbonyl (C=O) groups excluding carboxylic acids is 1. The Kier molecular flexibility index (Phi) is 9.19. The van der Waals surface area contributed by atoms with Crippen molar-refractivity contribution in [1.82, 2.24) is 29.8 Å². The molecular formula is C30H38F3N11O2. The summed E-state index contributed by atoms with van der Waals surface area (Å²) in [7, 11) is 5.49. The summed E-state index contributed by atoms with van der Waals surface area (Å²) in [4.78, 5) is 42.7. The van der Waals surface area contributed by atoms with E-state index in [1.165, 1.54) is 12.4 Å². The minimum Gasteiger partial charge on any atom is -0.466 e. The number of alkyl halides is 3. The molecule has 0 atom stereocenters. The first-order valence-corrected chi connectivity index (χ1v) is 14.8. The van der Waals surface area contributed by atoms with Gasteiger partial charge in [-0.1, -0.05) is 20.4 Å². The second-order valence-electron chi connectivity index (χ2n) is 12.1. The van der Waals surface area contributed by atoms with Gasteiger partial charge >= 0.3 is 6.18 Å². The van der Waals surface area contributed by atoms with Crippen LogP contribution in [-0.2, 0) is 10.2 Å². The lowest BCUT2D eigenvalue weighted by Gasteiger charge is -2.32. The summed E-state index contributed by atoms with van der Waals surface area (Å²) in [6.07, 6.45) is -1.08. The standard InChI is InChI=1S/C30H38F3N11O2/c1-7-23(45)36-19-15-20(26(46-17-30(31,32)33)39-25(19)42(6)14-13-41(4)5)37-27-34-18-35-28(40-27)44-16-29(2,3)24-21(44)9-10-22(38-24)43-11-8-12-43/h7,9-10,15,18H,1,8,11-14,16-17H2,2-6H3,(H,36,45)(H,34,35,37,40). The lowest BCUT2D eigenvalue weighted by atomic mass is 9.91. The predicted molar refractivity (Wildman–Crippen MR) is 171 cm³/mol. The molecule has 13 nitrogen and oxygen atoms in total. The number of nitrogens with one attached hydrogen (secondary N) is 2. The smallest absolute Gasteiger partial charge is 0.422 e. The molecular weight excluding hydrogens is 603 g/mol. The number of rotatable bonds is 12. The van der Waals surface area contributed by atoms with Gasteiger partial charge < -0.3 is 35.0 Å². The highest BCUT2D eigenvalue weighted by atomic mass is 19.4. The molecule has 2 aliphatic rings. The molecule has 246 valence electrons. The van der Waals surface area contributed by atoms with E-state index in [0.29, 0.717) is 25.6 Å². The van der Waals surface area contributed by atoms with Crippen molar-refractivity contribution in [2.75, 3.05) is 85.8 Å². The maximum atomic E-state index is 13.3. The second kappa shape index (κ2) is 12.9. The molecule has 0 spiro atoms. The molecule has 1 saturated heterocycles. The van der Waals surface area contributed by atoms with Crippen molar-refractivity contribution in [3.8, 4) is 5.88 Å². The van der Waals surface area contributed by atoms with Gasteiger partial charge in [-0.2, -0.15) is 23.1 Å². The van der Waals surface area contributed by atoms with Crippen LogP contribution in [0.2, 0.25) is 0 Å². The number of pyridine rings is 2. The maximum Gasteiger partial charge on any atom is 0.422 e. The van der Waals surface area contributed by atoms with Gasteiger partial charge in [0.25, 0.3) is 0 Å². The van der Waals surface area contributed by atoms with Crippen molar-refractivity contribution < 1.29 is 22.7 Å². The zero-order valence-electron chi connectivity index (χ0n) is 26.5. The van der Waals surface area contributed by atoms with E-state index >= 15 is 0 Å². The minimum atomic E-state index is -4.62. The van der Waals surface area contributed by atoms with Crippen LogP contribution >= 0.6 is 0 Å². The van der Waals surface area contributed by atoms with Gasteiger partial charge in [0.05, 0.1) is 17.1 Å². The summed E-state index contributed by atoms with van der Waals surface area (Å²) in [5, 5.41) is 5.62. The zero-order valence-corrected chi connectivity index (χ0v) is 26.5. The van der Waals surface area contributed by atoms with Crippen LogP contribution in [0.1, 0.15) is 26.0 Å². The van der Waals surface area contributed by atoms with E-state index in [0.717, 1.165) is 42.8 Å². The molecule has 0 bridgehead atoms. The van der Waals surface area contributed by atoms with Crippen molar-refractivity contribution in [3.63, 3.8) is 0 Å². The summed E-state index contributed by atoms with van der Waals surface area (Å²) < 4.78 is 45.0. The van der Waals surface area contributed by atoms with E-state index in [2.05, 4.69) is 55.9 Å². The molecule has 16 heteroatoms. The second-order valence-corrected chi connectivity index (χ2v) is 12.1. The molecule has 2 N–H and O–H groups in total. The quantitative estimate of drug-likeness (QED) is 0.276. The van der Waals surface area contributed by atoms with Crippen LogP contribution in [-0.4, -0.2) is 102 Å². The summed E-state index contributed by atoms with van der Waals surface area (Å²) in [5.74, 6) is 0.633. The lowest BCUT2D eigenvalue weighted by Crippen LogP contribution is -2.37. The van der Waals surface area contributed by atoms with Gasteiger partial charge in [0.15, 0.2) is 12.4 Å². The molecule has 1 amide bonds. The number of amides is 1. The first-order valence-electron chi connectivity index (χ1n) is 14.8. The summed E-state index contributed by atoms with van der Waals surface area (Å²) >= 11 is 0. The Bertz CT molecular complexity index is 1590. The van der Waals surface area contributed by atoms with Crippen LogP contribution in [0.4, 0.5) is 53.8 Å². The monoisotopic (exact) mass is 641 g/mol. The third-order valence-electron chi connectivity index (χ3n) is 7.60. The lowest BCUT2D eigenvalue weighted by molar-refractivity contribution is -0.153. The molecule has 1 fully saturated rings. The van der Waals surface area contributed by atoms with Crippen molar-refractivity contribution in [2.24, 2.45) is 0 Å². The Balaban J connectivity index is 1.49. The molecule has 5 heterocycles. The zero-order chi connectivity index (χ0) is 33.2. The van der Waals surface area contributed by atoms with Crippen LogP contribution in [0.5, 0.6) is 5.88 Å². The fourth-order valence-corrected chi connectivity index (χ4v) is 5.07. The average Bonchev–Trinajstić information content (AvgIpc) is 3.24. The van der Waals surface area contributed by atoms with Crippen LogP contribution < -0.4 is 30.1 Å². The van der Waals surface area contributed by atoms with Gasteiger partial charge in [0, 0.05) is 45.2 Å². The van der Waals surface area contributed by atoms with Crippen LogP contribution in [0, 0.1) is 0 Å². The molecule has 0 unspecified atom stereocenters. The van der Waals surface area contributed by atoms with E-state index in [-0.39, 0.29) is 34.4 Å². The van der Waals surface area contributed by atoms with Crippen molar-refractivity contribution in [2.45, 2.75) is 31.9 Å². The SMILES string of the molecule is C=CC(=O)Nc1cc(Nc2ncnc(N3CC(C)(C)c4nc(N5CCC5)ccc43)n2)c(OCC(F)(F)F)nc1N(C)CCN(C)C. The Morgan fingerprint density at radius 3 is 2.52 bits per heavy atom. The molecule has 5 rings (SSSR count). The largest absolute Gasteiger partial charge is 0.466 e. The number of fused-ring (bicyclic) bond motifs is 1. The third kappa shape index (κ3) is 7.38. The van der Waals surface area contributed by atoms with Gasteiger partial charge in [0.2, 0.25) is 23.7 Å². The number of aromatic nitrogens is 5. The third-order valence-corrected chi connectivity index (χ3v) is 7.60. The van der Waals surface area contributed by atoms with Gasteiger partial charge in [-0.05, 0) is 44.8 Å². The highest BCUT2D eigenvalue weighted by Gasteiger charge is 2.39. The van der Waals surface area contributed by atoms with E-state index in [9.17, 15) is 18.0 Å². The van der Waals surface area contributed by atoms with Gasteiger partial charge in [0.1, 0.15) is 17.8 Å². The van der Waals surface area contributed by atoms with Crippen molar-refractivity contribution in [3.05, 3.63) is 42.9 Å². The molecule has 0 aromatic carbocycles. The normalized spacial score (nSPS) is 15.3. The number of nitrogens with zero attached hydrogens (tertiary/aromatic N) is 9. The fourth-order valence-electron chi connectivity index (χ4n) is 5.07. The number of likely N-dealkylation sites (N-methyl/N-ethyl adjacent to an activating group) is 2. The highest BCUT2D eigenvalue weighted by Crippen LogP contribution is 2.43. The highest BCUT2D eigenvalue weighted by molar-refractivity contribution is 6.01. The van der Waals surface area contributed by atoms with Crippen molar-refractivity contribution in [1.29, 1.82) is 0 Å². The van der Waals surface area contributed by atoms with Crippen LogP contribution in [0.25, 0.3) is 0 Å². The molecule has 46 heavy (non-hydrogen) atoms. The minimum absolute atomic E-state index is 0.00790. The van der Waals surface area contributed by atoms with E-state index in [4.69, 9.17) is 9.72 Å². The van der Waals surface area contributed by atoms with E-state index in [1.54, 1.807) is 11.9 Å². The number of carbonyl (C=O) groups is 1. The maximum absolute atomic E-state index is 13.3. The molecule has 2 aliphatic heterocycles. The Morgan fingerprint density at radius 2 is 1.87 bits per heavy atom. The topological polar surface area (TPSA) is 128 Å². The first-order chi connectivity index (χ1) is 21.7. The number of anilines is 7. The van der Waals surface area contributed by atoms with Gasteiger partial charge in [-0.3, -0.25) is 4.79 Å². The Hall–Kier alpha value is -4.73. The number of hydrogen-bond donors (Lipinski definition) is 2. The van der Waals surface area contributed by atoms with E-state index < -0.39 is 18.7 Å². The molecule has 3 aromatic rings. The van der Waals surface area contributed by atoms with E-state index in [1.807, 2.05) is 36.0 Å². The summed E-state index contributed by atoms with van der Waals surface area (Å²) in [5.41, 5.74) is 1.72. The van der Waals surface area contributed by atoms with Crippen LogP contribution in [0.3, 0.4) is 0 Å². The average molecular weight is 642 g/mol. The molecule has 0 saturated carbocycles. The van der Waals surface area contributed by atoms with Gasteiger partial charge in [-0.15, -0.1) is 0 Å². The summed E-state index contributed by atoms with van der Waals surface area (Å²) in [6.45, 7) is 9.70. The Morgan fingerprint density at radius 1 is 1.11 bits per heavy atom. The Labute approximate surface area is 265 Å².